The van der Waals surface area contributed by atoms with Crippen LogP contribution < -0.4 is 10.6 Å². The molecule has 2 nitrogen and oxygen atoms in total. The summed E-state index contributed by atoms with van der Waals surface area (Å²) in [4.78, 5) is 0. The molecule has 0 aliphatic heterocycles. The number of aryl methyl sites for hydroxylation is 1. The van der Waals surface area contributed by atoms with Gasteiger partial charge in [-0.1, -0.05) is 35.9 Å². The molecule has 0 aromatic heterocycles. The number of hydrogen-bond donors (Lipinski definition) is 2. The third-order valence-electron chi connectivity index (χ3n) is 3.01. The number of hydrogen-bond acceptors (Lipinski definition) is 1. The van der Waals surface area contributed by atoms with Crippen LogP contribution in [-0.4, -0.2) is 5.11 Å². The maximum Gasteiger partial charge on any atom is 0.171 e. The van der Waals surface area contributed by atoms with Crippen LogP contribution in [0.2, 0.25) is 0 Å². The molecule has 0 aliphatic rings. The van der Waals surface area contributed by atoms with Crippen molar-refractivity contribution < 1.29 is 4.39 Å². The Balaban J connectivity index is 1.95. The predicted molar refractivity (Wildman–Crippen MR) is 85.4 cm³/mol. The van der Waals surface area contributed by atoms with Gasteiger partial charge in [-0.15, -0.1) is 0 Å². The van der Waals surface area contributed by atoms with Gasteiger partial charge in [0, 0.05) is 5.69 Å². The van der Waals surface area contributed by atoms with Crippen molar-refractivity contribution in [1.82, 2.24) is 5.32 Å². The summed E-state index contributed by atoms with van der Waals surface area (Å²) in [7, 11) is 0. The van der Waals surface area contributed by atoms with Crippen molar-refractivity contribution >= 4 is 23.0 Å². The molecular formula is C16H17FN2S. The SMILES string of the molecule is Cc1ccc([C@@H](C)NC(=S)Nc2cccc(F)c2)cc1. The lowest BCUT2D eigenvalue weighted by Crippen LogP contribution is -2.30. The van der Waals surface area contributed by atoms with E-state index in [-0.39, 0.29) is 11.9 Å². The summed E-state index contributed by atoms with van der Waals surface area (Å²) < 4.78 is 13.1. The Hall–Kier alpha value is -1.94. The molecule has 0 amide bonds. The molecule has 0 heterocycles. The van der Waals surface area contributed by atoms with Crippen LogP contribution >= 0.6 is 12.2 Å². The Morgan fingerprint density at radius 3 is 2.50 bits per heavy atom. The highest BCUT2D eigenvalue weighted by molar-refractivity contribution is 7.80. The van der Waals surface area contributed by atoms with Crippen LogP contribution in [0.15, 0.2) is 48.5 Å². The van der Waals surface area contributed by atoms with E-state index in [9.17, 15) is 4.39 Å². The molecule has 2 aromatic carbocycles. The third-order valence-corrected chi connectivity index (χ3v) is 3.23. The average Bonchev–Trinajstić information content (AvgIpc) is 2.39. The van der Waals surface area contributed by atoms with Gasteiger partial charge < -0.3 is 10.6 Å². The first-order valence-corrected chi connectivity index (χ1v) is 6.85. The Labute approximate surface area is 124 Å². The molecular weight excluding hydrogens is 271 g/mol. The molecule has 20 heavy (non-hydrogen) atoms. The van der Waals surface area contributed by atoms with Gasteiger partial charge in [0.25, 0.3) is 0 Å². The van der Waals surface area contributed by atoms with E-state index in [1.807, 2.05) is 6.92 Å². The van der Waals surface area contributed by atoms with Gasteiger partial charge in [-0.3, -0.25) is 0 Å². The molecule has 0 aliphatic carbocycles. The van der Waals surface area contributed by atoms with Gasteiger partial charge in [0.1, 0.15) is 5.82 Å². The van der Waals surface area contributed by atoms with Crippen LogP contribution in [0, 0.1) is 12.7 Å². The normalized spacial score (nSPS) is 11.8. The number of halogens is 1. The average molecular weight is 288 g/mol. The summed E-state index contributed by atoms with van der Waals surface area (Å²) in [5.41, 5.74) is 3.01. The maximum atomic E-state index is 13.1. The van der Waals surface area contributed by atoms with Crippen molar-refractivity contribution in [3.05, 3.63) is 65.5 Å². The minimum Gasteiger partial charge on any atom is -0.356 e. The molecule has 2 rings (SSSR count). The predicted octanol–water partition coefficient (Wildman–Crippen LogP) is 4.18. The molecule has 104 valence electrons. The third kappa shape index (κ3) is 4.03. The largest absolute Gasteiger partial charge is 0.356 e. The summed E-state index contributed by atoms with van der Waals surface area (Å²) in [6, 6.07) is 14.6. The second kappa shape index (κ2) is 6.48. The van der Waals surface area contributed by atoms with Gasteiger partial charge in [-0.25, -0.2) is 4.39 Å². The van der Waals surface area contributed by atoms with Crippen LogP contribution in [0.25, 0.3) is 0 Å². The Kier molecular flexibility index (Phi) is 4.69. The van der Waals surface area contributed by atoms with Gasteiger partial charge in [0.15, 0.2) is 5.11 Å². The second-order valence-electron chi connectivity index (χ2n) is 4.74. The van der Waals surface area contributed by atoms with E-state index in [0.717, 1.165) is 5.56 Å². The van der Waals surface area contributed by atoms with Crippen LogP contribution in [0.1, 0.15) is 24.1 Å². The topological polar surface area (TPSA) is 24.1 Å². The molecule has 0 bridgehead atoms. The molecule has 0 unspecified atom stereocenters. The molecule has 4 heteroatoms. The van der Waals surface area contributed by atoms with E-state index >= 15 is 0 Å². The molecule has 0 spiro atoms. The quantitative estimate of drug-likeness (QED) is 0.828. The Bertz CT molecular complexity index is 596. The molecule has 0 saturated heterocycles. The van der Waals surface area contributed by atoms with Crippen molar-refractivity contribution in [2.45, 2.75) is 19.9 Å². The highest BCUT2D eigenvalue weighted by atomic mass is 32.1. The fourth-order valence-electron chi connectivity index (χ4n) is 1.87. The lowest BCUT2D eigenvalue weighted by atomic mass is 10.1. The van der Waals surface area contributed by atoms with Crippen molar-refractivity contribution in [2.24, 2.45) is 0 Å². The molecule has 0 radical (unpaired) electrons. The van der Waals surface area contributed by atoms with Crippen LogP contribution in [-0.2, 0) is 0 Å². The van der Waals surface area contributed by atoms with Crippen LogP contribution in [0.5, 0.6) is 0 Å². The lowest BCUT2D eigenvalue weighted by molar-refractivity contribution is 0.628. The van der Waals surface area contributed by atoms with E-state index in [0.29, 0.717) is 10.8 Å². The summed E-state index contributed by atoms with van der Waals surface area (Å²) in [5, 5.41) is 6.63. The summed E-state index contributed by atoms with van der Waals surface area (Å²) in [5.74, 6) is -0.288. The molecule has 2 aromatic rings. The van der Waals surface area contributed by atoms with Crippen molar-refractivity contribution in [2.75, 3.05) is 5.32 Å². The molecule has 1 atom stereocenters. The smallest absolute Gasteiger partial charge is 0.171 e. The van der Waals surface area contributed by atoms with E-state index < -0.39 is 0 Å². The minimum absolute atomic E-state index is 0.0872. The van der Waals surface area contributed by atoms with Crippen LogP contribution in [0.4, 0.5) is 10.1 Å². The highest BCUT2D eigenvalue weighted by Crippen LogP contribution is 2.14. The first-order valence-electron chi connectivity index (χ1n) is 6.44. The van der Waals surface area contributed by atoms with E-state index in [1.165, 1.54) is 17.7 Å². The van der Waals surface area contributed by atoms with Gasteiger partial charge in [-0.2, -0.15) is 0 Å². The van der Waals surface area contributed by atoms with Crippen molar-refractivity contribution in [3.8, 4) is 0 Å². The fourth-order valence-corrected chi connectivity index (χ4v) is 2.16. The van der Waals surface area contributed by atoms with E-state index in [2.05, 4.69) is 41.8 Å². The lowest BCUT2D eigenvalue weighted by Gasteiger charge is -2.17. The Morgan fingerprint density at radius 2 is 1.85 bits per heavy atom. The van der Waals surface area contributed by atoms with Crippen molar-refractivity contribution in [3.63, 3.8) is 0 Å². The summed E-state index contributed by atoms with van der Waals surface area (Å²) >= 11 is 5.24. The van der Waals surface area contributed by atoms with Gasteiger partial charge in [0.05, 0.1) is 6.04 Å². The monoisotopic (exact) mass is 288 g/mol. The first-order chi connectivity index (χ1) is 9.54. The number of nitrogens with one attached hydrogen (secondary N) is 2. The minimum atomic E-state index is -0.288. The second-order valence-corrected chi connectivity index (χ2v) is 5.15. The number of anilines is 1. The van der Waals surface area contributed by atoms with E-state index in [1.54, 1.807) is 12.1 Å². The highest BCUT2D eigenvalue weighted by Gasteiger charge is 2.07. The first kappa shape index (κ1) is 14.5. The maximum absolute atomic E-state index is 13.1. The molecule has 0 saturated carbocycles. The van der Waals surface area contributed by atoms with Gasteiger partial charge >= 0.3 is 0 Å². The number of benzene rings is 2. The van der Waals surface area contributed by atoms with E-state index in [4.69, 9.17) is 12.2 Å². The molecule has 0 fully saturated rings. The van der Waals surface area contributed by atoms with Gasteiger partial charge in [-0.05, 0) is 49.8 Å². The number of rotatable bonds is 3. The number of thiocarbonyl (C=S) groups is 1. The van der Waals surface area contributed by atoms with Crippen LogP contribution in [0.3, 0.4) is 0 Å². The standard InChI is InChI=1S/C16H17FN2S/c1-11-6-8-13(9-7-11)12(2)18-16(20)19-15-5-3-4-14(17)10-15/h3-10,12H,1-2H3,(H2,18,19,20)/t12-/m1/s1. The summed E-state index contributed by atoms with van der Waals surface area (Å²) in [6.07, 6.45) is 0. The molecule has 2 N–H and O–H groups in total. The summed E-state index contributed by atoms with van der Waals surface area (Å²) in [6.45, 7) is 4.09. The zero-order valence-electron chi connectivity index (χ0n) is 11.5. The fraction of sp³-hybridized carbons (Fsp3) is 0.188. The van der Waals surface area contributed by atoms with Gasteiger partial charge in [0.2, 0.25) is 0 Å². The zero-order valence-corrected chi connectivity index (χ0v) is 12.3. The zero-order chi connectivity index (χ0) is 14.5. The Morgan fingerprint density at radius 1 is 1.15 bits per heavy atom. The van der Waals surface area contributed by atoms with Crippen molar-refractivity contribution in [1.29, 1.82) is 0 Å².